The standard InChI is InChI=1S/C31H34N2O9/c1-31(2,3)42-29(35)26(14-21-12-22(16-34)28(41-18-39-4)15-27(21)33(37)38)32-30(36)40-17-20-9-7-11-24-23-10-6-5-8-19(23)13-25(20)24/h5-12,15,26,34H,13-14,16-18H2,1-4H3,(H,32,36)/t26-/m0/s1. The molecular formula is C31H34N2O9. The van der Waals surface area contributed by atoms with Gasteiger partial charge in [0, 0.05) is 24.7 Å². The van der Waals surface area contributed by atoms with E-state index in [4.69, 9.17) is 18.9 Å². The molecule has 222 valence electrons. The molecule has 0 unspecified atom stereocenters. The summed E-state index contributed by atoms with van der Waals surface area (Å²) < 4.78 is 21.2. The number of fused-ring (bicyclic) bond motifs is 3. The summed E-state index contributed by atoms with van der Waals surface area (Å²) in [6.45, 7) is 4.30. The average molecular weight is 579 g/mol. The molecule has 1 amide bonds. The number of hydrogen-bond acceptors (Lipinski definition) is 9. The van der Waals surface area contributed by atoms with Crippen LogP contribution >= 0.6 is 0 Å². The van der Waals surface area contributed by atoms with E-state index in [1.807, 2.05) is 30.3 Å². The summed E-state index contributed by atoms with van der Waals surface area (Å²) in [6, 6.07) is 15.1. The Balaban J connectivity index is 1.54. The third-order valence-corrected chi connectivity index (χ3v) is 6.68. The fourth-order valence-corrected chi connectivity index (χ4v) is 4.85. The number of nitrogens with one attached hydrogen (secondary N) is 1. The number of rotatable bonds is 11. The van der Waals surface area contributed by atoms with E-state index in [1.54, 1.807) is 20.8 Å². The molecule has 3 aromatic carbocycles. The van der Waals surface area contributed by atoms with E-state index < -0.39 is 35.2 Å². The molecule has 0 fully saturated rings. The van der Waals surface area contributed by atoms with Gasteiger partial charge in [0.15, 0.2) is 6.79 Å². The van der Waals surface area contributed by atoms with Gasteiger partial charge in [0.25, 0.3) is 5.69 Å². The van der Waals surface area contributed by atoms with Crippen LogP contribution in [-0.4, -0.2) is 47.6 Å². The van der Waals surface area contributed by atoms with Crippen LogP contribution in [0.4, 0.5) is 10.5 Å². The third kappa shape index (κ3) is 7.23. The number of amides is 1. The number of nitro groups is 1. The molecule has 11 nitrogen and oxygen atoms in total. The van der Waals surface area contributed by atoms with Crippen molar-refractivity contribution in [1.82, 2.24) is 5.32 Å². The number of ether oxygens (including phenoxy) is 4. The van der Waals surface area contributed by atoms with E-state index in [0.717, 1.165) is 28.3 Å². The van der Waals surface area contributed by atoms with Gasteiger partial charge in [-0.15, -0.1) is 0 Å². The summed E-state index contributed by atoms with van der Waals surface area (Å²) in [6.07, 6.45) is -0.466. The number of carbonyl (C=O) groups is 2. The second-order valence-electron chi connectivity index (χ2n) is 10.8. The van der Waals surface area contributed by atoms with Crippen molar-refractivity contribution in [2.24, 2.45) is 0 Å². The zero-order valence-corrected chi connectivity index (χ0v) is 24.0. The highest BCUT2D eigenvalue weighted by molar-refractivity contribution is 5.82. The summed E-state index contributed by atoms with van der Waals surface area (Å²) in [7, 11) is 1.39. The van der Waals surface area contributed by atoms with Gasteiger partial charge in [-0.1, -0.05) is 42.5 Å². The summed E-state index contributed by atoms with van der Waals surface area (Å²) in [5, 5.41) is 24.3. The van der Waals surface area contributed by atoms with Crippen molar-refractivity contribution in [3.8, 4) is 16.9 Å². The first-order valence-corrected chi connectivity index (χ1v) is 13.4. The molecule has 1 atom stereocenters. The Morgan fingerprint density at radius 1 is 1.05 bits per heavy atom. The van der Waals surface area contributed by atoms with E-state index >= 15 is 0 Å². The molecular weight excluding hydrogens is 544 g/mol. The number of esters is 1. The molecule has 1 aliphatic rings. The van der Waals surface area contributed by atoms with E-state index in [2.05, 4.69) is 17.4 Å². The normalized spacial score (nSPS) is 12.6. The first kappa shape index (κ1) is 30.5. The lowest BCUT2D eigenvalue weighted by atomic mass is 10.0. The average Bonchev–Trinajstić information content (AvgIpc) is 3.33. The zero-order chi connectivity index (χ0) is 30.4. The summed E-state index contributed by atoms with van der Waals surface area (Å²) in [4.78, 5) is 37.4. The Morgan fingerprint density at radius 3 is 2.48 bits per heavy atom. The molecule has 0 heterocycles. The third-order valence-electron chi connectivity index (χ3n) is 6.68. The number of hydrogen-bond donors (Lipinski definition) is 2. The van der Waals surface area contributed by atoms with E-state index in [-0.39, 0.29) is 42.4 Å². The number of benzene rings is 3. The molecule has 2 N–H and O–H groups in total. The van der Waals surface area contributed by atoms with Gasteiger partial charge >= 0.3 is 12.1 Å². The van der Waals surface area contributed by atoms with Gasteiger partial charge in [0.05, 0.1) is 17.6 Å². The molecule has 4 rings (SSSR count). The minimum atomic E-state index is -1.32. The number of nitrogens with zero attached hydrogens (tertiary/aromatic N) is 1. The summed E-state index contributed by atoms with van der Waals surface area (Å²) in [5.41, 5.74) is 4.41. The Bertz CT molecular complexity index is 1480. The molecule has 0 saturated carbocycles. The van der Waals surface area contributed by atoms with Crippen LogP contribution in [0, 0.1) is 10.1 Å². The number of methoxy groups -OCH3 is 1. The van der Waals surface area contributed by atoms with Gasteiger partial charge in [-0.05, 0) is 61.1 Å². The van der Waals surface area contributed by atoms with Gasteiger partial charge in [-0.2, -0.15) is 0 Å². The van der Waals surface area contributed by atoms with Crippen molar-refractivity contribution in [3.05, 3.63) is 92.5 Å². The lowest BCUT2D eigenvalue weighted by molar-refractivity contribution is -0.385. The van der Waals surface area contributed by atoms with E-state index in [1.165, 1.54) is 18.7 Å². The predicted octanol–water partition coefficient (Wildman–Crippen LogP) is 4.82. The van der Waals surface area contributed by atoms with Crippen molar-refractivity contribution >= 4 is 17.7 Å². The van der Waals surface area contributed by atoms with Crippen LogP contribution in [0.2, 0.25) is 0 Å². The van der Waals surface area contributed by atoms with Gasteiger partial charge in [0.2, 0.25) is 0 Å². The van der Waals surface area contributed by atoms with Crippen LogP contribution in [0.3, 0.4) is 0 Å². The van der Waals surface area contributed by atoms with Crippen LogP contribution in [0.25, 0.3) is 11.1 Å². The summed E-state index contributed by atoms with van der Waals surface area (Å²) >= 11 is 0. The maximum Gasteiger partial charge on any atom is 0.408 e. The van der Waals surface area contributed by atoms with Crippen LogP contribution in [-0.2, 0) is 45.1 Å². The molecule has 0 radical (unpaired) electrons. The van der Waals surface area contributed by atoms with Crippen LogP contribution < -0.4 is 10.1 Å². The van der Waals surface area contributed by atoms with Gasteiger partial charge in [-0.25, -0.2) is 9.59 Å². The lowest BCUT2D eigenvalue weighted by Crippen LogP contribution is -2.45. The van der Waals surface area contributed by atoms with Gasteiger partial charge < -0.3 is 29.4 Å². The van der Waals surface area contributed by atoms with Crippen LogP contribution in [0.1, 0.15) is 48.6 Å². The lowest BCUT2D eigenvalue weighted by Gasteiger charge is -2.24. The zero-order valence-electron chi connectivity index (χ0n) is 24.0. The smallest absolute Gasteiger partial charge is 0.408 e. The Kier molecular flexibility index (Phi) is 9.44. The molecule has 0 saturated heterocycles. The van der Waals surface area contributed by atoms with Crippen LogP contribution in [0.15, 0.2) is 54.6 Å². The largest absolute Gasteiger partial charge is 0.467 e. The number of aliphatic hydroxyl groups excluding tert-OH is 1. The molecule has 0 aliphatic heterocycles. The topological polar surface area (TPSA) is 146 Å². The molecule has 42 heavy (non-hydrogen) atoms. The van der Waals surface area contributed by atoms with Gasteiger partial charge in [-0.3, -0.25) is 10.1 Å². The minimum Gasteiger partial charge on any atom is -0.467 e. The van der Waals surface area contributed by atoms with Crippen molar-refractivity contribution in [2.45, 2.75) is 58.5 Å². The predicted molar refractivity (Wildman–Crippen MR) is 153 cm³/mol. The second kappa shape index (κ2) is 13.0. The van der Waals surface area contributed by atoms with E-state index in [9.17, 15) is 24.8 Å². The quantitative estimate of drug-likeness (QED) is 0.111. The maximum absolute atomic E-state index is 13.1. The van der Waals surface area contributed by atoms with Crippen molar-refractivity contribution in [1.29, 1.82) is 0 Å². The Morgan fingerprint density at radius 2 is 1.79 bits per heavy atom. The van der Waals surface area contributed by atoms with Crippen molar-refractivity contribution in [3.63, 3.8) is 0 Å². The monoisotopic (exact) mass is 578 g/mol. The Hall–Kier alpha value is -4.48. The van der Waals surface area contributed by atoms with Crippen LogP contribution in [0.5, 0.6) is 5.75 Å². The fraction of sp³-hybridized carbons (Fsp3) is 0.355. The highest BCUT2D eigenvalue weighted by atomic mass is 16.7. The Labute approximate surface area is 243 Å². The van der Waals surface area contributed by atoms with Gasteiger partial charge in [0.1, 0.15) is 24.0 Å². The molecule has 0 bridgehead atoms. The highest BCUT2D eigenvalue weighted by Gasteiger charge is 2.31. The number of alkyl carbamates (subject to hydrolysis) is 1. The first-order valence-electron chi connectivity index (χ1n) is 13.4. The minimum absolute atomic E-state index is 0.0373. The summed E-state index contributed by atoms with van der Waals surface area (Å²) in [5.74, 6) is -0.733. The fourth-order valence-electron chi connectivity index (χ4n) is 4.85. The molecule has 0 aromatic heterocycles. The second-order valence-corrected chi connectivity index (χ2v) is 10.8. The molecule has 1 aliphatic carbocycles. The number of aliphatic hydroxyl groups is 1. The molecule has 0 spiro atoms. The SMILES string of the molecule is COCOc1cc([N+](=O)[O-])c(C[C@H](NC(=O)OCc2cccc3c2Cc2ccccc2-3)C(=O)OC(C)(C)C)cc1CO. The van der Waals surface area contributed by atoms with Crippen molar-refractivity contribution in [2.75, 3.05) is 13.9 Å². The first-order chi connectivity index (χ1) is 20.0. The highest BCUT2D eigenvalue weighted by Crippen LogP contribution is 2.38. The number of nitro benzene ring substituents is 1. The molecule has 11 heteroatoms. The van der Waals surface area contributed by atoms with E-state index in [0.29, 0.717) is 6.42 Å². The number of carbonyl (C=O) groups excluding carboxylic acids is 2. The maximum atomic E-state index is 13.1. The van der Waals surface area contributed by atoms with Crippen molar-refractivity contribution < 1.29 is 38.6 Å². The molecule has 3 aromatic rings.